The van der Waals surface area contributed by atoms with E-state index >= 15 is 0 Å². The van der Waals surface area contributed by atoms with Crippen molar-refractivity contribution in [1.29, 1.82) is 0 Å². The van der Waals surface area contributed by atoms with Gasteiger partial charge in [0.2, 0.25) is 0 Å². The van der Waals surface area contributed by atoms with Crippen molar-refractivity contribution >= 4 is 0 Å². The average Bonchev–Trinajstić information content (AvgIpc) is 2.05. The second kappa shape index (κ2) is 5.56. The molecule has 1 N–H and O–H groups in total. The molecule has 0 aliphatic carbocycles. The minimum absolute atomic E-state index is 0.0418. The third-order valence-electron chi connectivity index (χ3n) is 2.38. The molecule has 0 heterocycles. The van der Waals surface area contributed by atoms with Crippen molar-refractivity contribution < 1.29 is 9.84 Å². The molecule has 0 radical (unpaired) electrons. The van der Waals surface area contributed by atoms with Crippen LogP contribution in [0.25, 0.3) is 0 Å². The van der Waals surface area contributed by atoms with Crippen LogP contribution in [0.5, 0.6) is 0 Å². The Morgan fingerprint density at radius 3 is 2.00 bits per heavy atom. The zero-order valence-corrected chi connectivity index (χ0v) is 8.00. The lowest BCUT2D eigenvalue weighted by Gasteiger charge is -2.24. The van der Waals surface area contributed by atoms with Gasteiger partial charge in [-0.2, -0.15) is 0 Å². The molecular weight excluding hydrogens is 140 g/mol. The number of rotatable bonds is 5. The molecule has 68 valence electrons. The molecule has 0 aromatic carbocycles. The third kappa shape index (κ3) is 3.21. The van der Waals surface area contributed by atoms with Crippen LogP contribution in [-0.2, 0) is 4.74 Å². The van der Waals surface area contributed by atoms with Gasteiger partial charge in [0.25, 0.3) is 0 Å². The summed E-state index contributed by atoms with van der Waals surface area (Å²) >= 11 is 0. The van der Waals surface area contributed by atoms with Gasteiger partial charge in [0.15, 0.2) is 0 Å². The number of methoxy groups -OCH3 is 1. The van der Waals surface area contributed by atoms with E-state index in [1.807, 2.05) is 6.92 Å². The van der Waals surface area contributed by atoms with Crippen LogP contribution in [0.1, 0.15) is 33.6 Å². The molecule has 11 heavy (non-hydrogen) atoms. The van der Waals surface area contributed by atoms with Crippen LogP contribution >= 0.6 is 0 Å². The van der Waals surface area contributed by atoms with Gasteiger partial charge >= 0.3 is 0 Å². The highest BCUT2D eigenvalue weighted by atomic mass is 16.5. The van der Waals surface area contributed by atoms with E-state index in [1.54, 1.807) is 7.11 Å². The molecule has 2 unspecified atom stereocenters. The van der Waals surface area contributed by atoms with E-state index in [0.29, 0.717) is 5.92 Å². The lowest BCUT2D eigenvalue weighted by Crippen LogP contribution is -2.32. The van der Waals surface area contributed by atoms with Gasteiger partial charge in [-0.1, -0.05) is 26.7 Å². The standard InChI is InChI=1S/C9H20O2/c1-5-8(6-2)9(10)7(3)11-4/h7-10H,5-6H2,1-4H3. The van der Waals surface area contributed by atoms with E-state index < -0.39 is 0 Å². The SMILES string of the molecule is CCC(CC)C(O)C(C)OC. The Morgan fingerprint density at radius 2 is 1.73 bits per heavy atom. The highest BCUT2D eigenvalue weighted by molar-refractivity contribution is 4.71. The number of aliphatic hydroxyl groups excluding tert-OH is 1. The van der Waals surface area contributed by atoms with Crippen LogP contribution in [-0.4, -0.2) is 24.4 Å². The van der Waals surface area contributed by atoms with Gasteiger partial charge in [-0.25, -0.2) is 0 Å². The second-order valence-electron chi connectivity index (χ2n) is 3.01. The normalized spacial score (nSPS) is 16.9. The summed E-state index contributed by atoms with van der Waals surface area (Å²) in [5.41, 5.74) is 0. The van der Waals surface area contributed by atoms with Crippen molar-refractivity contribution in [3.8, 4) is 0 Å². The molecule has 0 aliphatic rings. The minimum Gasteiger partial charge on any atom is -0.390 e. The maximum Gasteiger partial charge on any atom is 0.0826 e. The molecule has 0 bridgehead atoms. The third-order valence-corrected chi connectivity index (χ3v) is 2.38. The van der Waals surface area contributed by atoms with Gasteiger partial charge in [-0.05, 0) is 12.8 Å². The van der Waals surface area contributed by atoms with E-state index in [1.165, 1.54) is 0 Å². The van der Waals surface area contributed by atoms with Gasteiger partial charge in [-0.15, -0.1) is 0 Å². The Kier molecular flexibility index (Phi) is 5.51. The Morgan fingerprint density at radius 1 is 1.27 bits per heavy atom. The highest BCUT2D eigenvalue weighted by Crippen LogP contribution is 2.16. The fraction of sp³-hybridized carbons (Fsp3) is 1.00. The summed E-state index contributed by atoms with van der Waals surface area (Å²) < 4.78 is 5.05. The summed E-state index contributed by atoms with van der Waals surface area (Å²) in [6.07, 6.45) is 1.69. The van der Waals surface area contributed by atoms with E-state index in [0.717, 1.165) is 12.8 Å². The maximum atomic E-state index is 9.65. The molecule has 0 spiro atoms. The van der Waals surface area contributed by atoms with Gasteiger partial charge < -0.3 is 9.84 Å². The molecule has 0 aromatic heterocycles. The van der Waals surface area contributed by atoms with Gasteiger partial charge in [0, 0.05) is 7.11 Å². The Balaban J connectivity index is 3.86. The van der Waals surface area contributed by atoms with Crippen LogP contribution in [0.15, 0.2) is 0 Å². The predicted octanol–water partition coefficient (Wildman–Crippen LogP) is 1.82. The Bertz CT molecular complexity index is 89.6. The first-order chi connectivity index (χ1) is 5.17. The molecular formula is C9H20O2. The molecule has 0 aliphatic heterocycles. The van der Waals surface area contributed by atoms with E-state index in [4.69, 9.17) is 4.74 Å². The fourth-order valence-corrected chi connectivity index (χ4v) is 1.29. The highest BCUT2D eigenvalue weighted by Gasteiger charge is 2.21. The molecule has 0 rings (SSSR count). The van der Waals surface area contributed by atoms with Crippen molar-refractivity contribution in [1.82, 2.24) is 0 Å². The average molecular weight is 160 g/mol. The summed E-state index contributed by atoms with van der Waals surface area (Å²) in [5, 5.41) is 9.65. The summed E-state index contributed by atoms with van der Waals surface area (Å²) in [7, 11) is 1.64. The minimum atomic E-state index is -0.310. The number of hydrogen-bond donors (Lipinski definition) is 1. The maximum absolute atomic E-state index is 9.65. The van der Waals surface area contributed by atoms with E-state index in [-0.39, 0.29) is 12.2 Å². The fourth-order valence-electron chi connectivity index (χ4n) is 1.29. The monoisotopic (exact) mass is 160 g/mol. The first-order valence-electron chi connectivity index (χ1n) is 4.38. The quantitative estimate of drug-likeness (QED) is 0.664. The van der Waals surface area contributed by atoms with Crippen molar-refractivity contribution in [2.45, 2.75) is 45.8 Å². The molecule has 0 aromatic rings. The topological polar surface area (TPSA) is 29.5 Å². The summed E-state index contributed by atoms with van der Waals surface area (Å²) in [5.74, 6) is 0.380. The van der Waals surface area contributed by atoms with Gasteiger partial charge in [0.05, 0.1) is 12.2 Å². The first-order valence-corrected chi connectivity index (χ1v) is 4.38. The smallest absolute Gasteiger partial charge is 0.0826 e. The van der Waals surface area contributed by atoms with Crippen molar-refractivity contribution in [2.24, 2.45) is 5.92 Å². The Labute approximate surface area is 69.6 Å². The molecule has 0 amide bonds. The Hall–Kier alpha value is -0.0800. The molecule has 0 saturated carbocycles. The zero-order valence-electron chi connectivity index (χ0n) is 8.00. The van der Waals surface area contributed by atoms with Crippen molar-refractivity contribution in [3.63, 3.8) is 0 Å². The van der Waals surface area contributed by atoms with Gasteiger partial charge in [-0.3, -0.25) is 0 Å². The van der Waals surface area contributed by atoms with Crippen LogP contribution < -0.4 is 0 Å². The summed E-state index contributed by atoms with van der Waals surface area (Å²) in [4.78, 5) is 0. The van der Waals surface area contributed by atoms with Crippen LogP contribution in [0.4, 0.5) is 0 Å². The lowest BCUT2D eigenvalue weighted by atomic mass is 9.93. The van der Waals surface area contributed by atoms with Crippen LogP contribution in [0.3, 0.4) is 0 Å². The summed E-state index contributed by atoms with van der Waals surface area (Å²) in [6.45, 7) is 6.10. The van der Waals surface area contributed by atoms with E-state index in [2.05, 4.69) is 13.8 Å². The lowest BCUT2D eigenvalue weighted by molar-refractivity contribution is -0.0332. The first kappa shape index (κ1) is 10.9. The van der Waals surface area contributed by atoms with Crippen LogP contribution in [0.2, 0.25) is 0 Å². The molecule has 0 fully saturated rings. The second-order valence-corrected chi connectivity index (χ2v) is 3.01. The molecule has 2 heteroatoms. The summed E-state index contributed by atoms with van der Waals surface area (Å²) in [6, 6.07) is 0. The zero-order chi connectivity index (χ0) is 8.85. The van der Waals surface area contributed by atoms with Gasteiger partial charge in [0.1, 0.15) is 0 Å². The number of aliphatic hydroxyl groups is 1. The number of ether oxygens (including phenoxy) is 1. The molecule has 2 atom stereocenters. The molecule has 2 nitrogen and oxygen atoms in total. The van der Waals surface area contributed by atoms with Crippen molar-refractivity contribution in [3.05, 3.63) is 0 Å². The van der Waals surface area contributed by atoms with Crippen molar-refractivity contribution in [2.75, 3.05) is 7.11 Å². The largest absolute Gasteiger partial charge is 0.390 e. The molecule has 0 saturated heterocycles. The predicted molar refractivity (Wildman–Crippen MR) is 46.5 cm³/mol. The van der Waals surface area contributed by atoms with E-state index in [9.17, 15) is 5.11 Å². The number of hydrogen-bond acceptors (Lipinski definition) is 2. The van der Waals surface area contributed by atoms with Crippen LogP contribution in [0, 0.1) is 5.92 Å².